The Hall–Kier alpha value is -1.55. The van der Waals surface area contributed by atoms with E-state index in [0.29, 0.717) is 0 Å². The highest BCUT2D eigenvalue weighted by molar-refractivity contribution is 5.11. The minimum Gasteiger partial charge on any atom is -0.359 e. The number of nitrogens with one attached hydrogen (secondary N) is 1. The average molecular weight is 231 g/mol. The van der Waals surface area contributed by atoms with Crippen LogP contribution in [-0.2, 0) is 13.1 Å². The molecule has 3 rings (SSSR count). The van der Waals surface area contributed by atoms with Gasteiger partial charge in [-0.1, -0.05) is 5.16 Å². The summed E-state index contributed by atoms with van der Waals surface area (Å²) in [5.74, 6) is 0.909. The van der Waals surface area contributed by atoms with Crippen molar-refractivity contribution < 1.29 is 4.52 Å². The molecule has 0 aliphatic heterocycles. The Morgan fingerprint density at radius 1 is 1.53 bits per heavy atom. The van der Waals surface area contributed by atoms with Gasteiger partial charge in [-0.25, -0.2) is 0 Å². The second kappa shape index (κ2) is 4.37. The van der Waals surface area contributed by atoms with Crippen molar-refractivity contribution in [2.75, 3.05) is 0 Å². The maximum atomic E-state index is 5.24. The molecule has 0 radical (unpaired) electrons. The molecule has 1 N–H and O–H groups in total. The molecule has 1 fully saturated rings. The summed E-state index contributed by atoms with van der Waals surface area (Å²) in [6, 6.07) is 6.95. The standard InChI is InChI=1S/C13H17N3O/c1-10-7-13(17-15-10)9-16-6-2-3-12(16)8-14-11-4-5-11/h2-3,6-7,11,14H,4-5,8-9H2,1H3. The third kappa shape index (κ3) is 2.58. The minimum atomic E-state index is 0.742. The van der Waals surface area contributed by atoms with Crippen molar-refractivity contribution in [3.05, 3.63) is 41.5 Å². The van der Waals surface area contributed by atoms with E-state index in [1.807, 2.05) is 13.0 Å². The van der Waals surface area contributed by atoms with Gasteiger partial charge in [0.2, 0.25) is 0 Å². The summed E-state index contributed by atoms with van der Waals surface area (Å²) in [5, 5.41) is 7.43. The largest absolute Gasteiger partial charge is 0.359 e. The van der Waals surface area contributed by atoms with Crippen molar-refractivity contribution in [1.82, 2.24) is 15.0 Å². The molecular formula is C13H17N3O. The Morgan fingerprint density at radius 3 is 3.12 bits per heavy atom. The minimum absolute atomic E-state index is 0.742. The van der Waals surface area contributed by atoms with E-state index in [0.717, 1.165) is 30.6 Å². The van der Waals surface area contributed by atoms with E-state index in [1.54, 1.807) is 0 Å². The van der Waals surface area contributed by atoms with E-state index in [9.17, 15) is 0 Å². The first-order chi connectivity index (χ1) is 8.31. The van der Waals surface area contributed by atoms with Crippen LogP contribution >= 0.6 is 0 Å². The zero-order chi connectivity index (χ0) is 11.7. The number of aromatic nitrogens is 2. The molecule has 2 heterocycles. The fourth-order valence-electron chi connectivity index (χ4n) is 1.96. The van der Waals surface area contributed by atoms with E-state index in [-0.39, 0.29) is 0 Å². The van der Waals surface area contributed by atoms with Gasteiger partial charge in [-0.05, 0) is 31.9 Å². The third-order valence-electron chi connectivity index (χ3n) is 3.08. The molecule has 4 nitrogen and oxygen atoms in total. The zero-order valence-corrected chi connectivity index (χ0v) is 10.0. The Morgan fingerprint density at radius 2 is 2.41 bits per heavy atom. The molecule has 0 aromatic carbocycles. The van der Waals surface area contributed by atoms with Crippen LogP contribution in [0, 0.1) is 6.92 Å². The Labute approximate surface area is 101 Å². The lowest BCUT2D eigenvalue weighted by atomic mass is 10.3. The lowest BCUT2D eigenvalue weighted by Gasteiger charge is -2.07. The second-order valence-electron chi connectivity index (χ2n) is 4.72. The fourth-order valence-corrected chi connectivity index (χ4v) is 1.96. The van der Waals surface area contributed by atoms with Gasteiger partial charge in [0.1, 0.15) is 0 Å². The van der Waals surface area contributed by atoms with Crippen molar-refractivity contribution in [2.24, 2.45) is 0 Å². The van der Waals surface area contributed by atoms with Gasteiger partial charge in [0, 0.05) is 30.5 Å². The Bertz CT molecular complexity index is 496. The van der Waals surface area contributed by atoms with Crippen molar-refractivity contribution in [1.29, 1.82) is 0 Å². The molecule has 1 aliphatic carbocycles. The average Bonchev–Trinajstić information content (AvgIpc) is 2.90. The van der Waals surface area contributed by atoms with Crippen molar-refractivity contribution in [2.45, 2.75) is 38.9 Å². The molecule has 0 amide bonds. The highest BCUT2D eigenvalue weighted by atomic mass is 16.5. The topological polar surface area (TPSA) is 43.0 Å². The molecule has 4 heteroatoms. The van der Waals surface area contributed by atoms with Crippen LogP contribution in [0.25, 0.3) is 0 Å². The first-order valence-corrected chi connectivity index (χ1v) is 6.11. The molecule has 1 aliphatic rings. The molecule has 2 aromatic rings. The van der Waals surface area contributed by atoms with Gasteiger partial charge in [-0.3, -0.25) is 0 Å². The van der Waals surface area contributed by atoms with E-state index < -0.39 is 0 Å². The lowest BCUT2D eigenvalue weighted by molar-refractivity contribution is 0.371. The van der Waals surface area contributed by atoms with Crippen LogP contribution in [0.4, 0.5) is 0 Å². The zero-order valence-electron chi connectivity index (χ0n) is 10.0. The molecule has 1 saturated carbocycles. The van der Waals surface area contributed by atoms with E-state index in [1.165, 1.54) is 18.5 Å². The van der Waals surface area contributed by atoms with Crippen LogP contribution in [0.3, 0.4) is 0 Å². The number of aryl methyl sites for hydroxylation is 1. The van der Waals surface area contributed by atoms with Gasteiger partial charge < -0.3 is 14.4 Å². The second-order valence-corrected chi connectivity index (χ2v) is 4.72. The predicted molar refractivity (Wildman–Crippen MR) is 64.6 cm³/mol. The number of rotatable bonds is 5. The van der Waals surface area contributed by atoms with Gasteiger partial charge >= 0.3 is 0 Å². The number of hydrogen-bond acceptors (Lipinski definition) is 3. The molecule has 0 unspecified atom stereocenters. The van der Waals surface area contributed by atoms with E-state index >= 15 is 0 Å². The number of nitrogens with zero attached hydrogens (tertiary/aromatic N) is 2. The Kier molecular flexibility index (Phi) is 2.73. The maximum absolute atomic E-state index is 5.24. The van der Waals surface area contributed by atoms with Crippen LogP contribution in [0.1, 0.15) is 30.0 Å². The summed E-state index contributed by atoms with van der Waals surface area (Å²) >= 11 is 0. The molecule has 0 atom stereocenters. The lowest BCUT2D eigenvalue weighted by Crippen LogP contribution is -2.18. The summed E-state index contributed by atoms with van der Waals surface area (Å²) < 4.78 is 7.44. The van der Waals surface area contributed by atoms with Gasteiger partial charge in [-0.2, -0.15) is 0 Å². The Balaban J connectivity index is 1.67. The molecule has 17 heavy (non-hydrogen) atoms. The predicted octanol–water partition coefficient (Wildman–Crippen LogP) is 2.08. The maximum Gasteiger partial charge on any atom is 0.156 e. The summed E-state index contributed by atoms with van der Waals surface area (Å²) in [6.45, 7) is 3.64. The third-order valence-corrected chi connectivity index (χ3v) is 3.08. The van der Waals surface area contributed by atoms with E-state index in [2.05, 4.69) is 33.4 Å². The SMILES string of the molecule is Cc1cc(Cn2cccc2CNC2CC2)on1. The fraction of sp³-hybridized carbons (Fsp3) is 0.462. The summed E-state index contributed by atoms with van der Waals surface area (Å²) in [7, 11) is 0. The molecule has 90 valence electrons. The van der Waals surface area contributed by atoms with Crippen LogP contribution in [-0.4, -0.2) is 15.8 Å². The molecular weight excluding hydrogens is 214 g/mol. The van der Waals surface area contributed by atoms with Crippen LogP contribution in [0.5, 0.6) is 0 Å². The van der Waals surface area contributed by atoms with Crippen molar-refractivity contribution >= 4 is 0 Å². The van der Waals surface area contributed by atoms with Gasteiger partial charge in [0.15, 0.2) is 5.76 Å². The van der Waals surface area contributed by atoms with Crippen LogP contribution in [0.15, 0.2) is 28.9 Å². The summed E-state index contributed by atoms with van der Waals surface area (Å²) in [4.78, 5) is 0. The van der Waals surface area contributed by atoms with Gasteiger partial charge in [-0.15, -0.1) is 0 Å². The first-order valence-electron chi connectivity index (χ1n) is 6.11. The normalized spacial score (nSPS) is 15.4. The molecule has 2 aromatic heterocycles. The van der Waals surface area contributed by atoms with Gasteiger partial charge in [0.05, 0.1) is 12.2 Å². The van der Waals surface area contributed by atoms with Crippen molar-refractivity contribution in [3.8, 4) is 0 Å². The molecule has 0 spiro atoms. The molecule has 0 bridgehead atoms. The van der Waals surface area contributed by atoms with Crippen LogP contribution < -0.4 is 5.32 Å². The smallest absolute Gasteiger partial charge is 0.156 e. The molecule has 0 saturated heterocycles. The van der Waals surface area contributed by atoms with Gasteiger partial charge in [0.25, 0.3) is 0 Å². The van der Waals surface area contributed by atoms with Crippen LogP contribution in [0.2, 0.25) is 0 Å². The van der Waals surface area contributed by atoms with Crippen molar-refractivity contribution in [3.63, 3.8) is 0 Å². The highest BCUT2D eigenvalue weighted by Gasteiger charge is 2.20. The number of hydrogen-bond donors (Lipinski definition) is 1. The monoisotopic (exact) mass is 231 g/mol. The summed E-state index contributed by atoms with van der Waals surface area (Å²) in [6.07, 6.45) is 4.73. The summed E-state index contributed by atoms with van der Waals surface area (Å²) in [5.41, 5.74) is 2.23. The van der Waals surface area contributed by atoms with E-state index in [4.69, 9.17) is 4.52 Å². The quantitative estimate of drug-likeness (QED) is 0.856. The first kappa shape index (κ1) is 10.6. The highest BCUT2D eigenvalue weighted by Crippen LogP contribution is 2.19.